The molecule has 2 aliphatic carbocycles. The highest BCUT2D eigenvalue weighted by molar-refractivity contribution is 14.0. The first-order valence-electron chi connectivity index (χ1n) is 10.2. The smallest absolute Gasteiger partial charge is 0.223 e. The van der Waals surface area contributed by atoms with Crippen LogP contribution in [-0.2, 0) is 11.2 Å². The summed E-state index contributed by atoms with van der Waals surface area (Å²) in [5.74, 6) is 1.88. The molecular formula is C21H32ClIN4O2. The Labute approximate surface area is 195 Å². The number of carbonyl (C=O) groups is 1. The largest absolute Gasteiger partial charge is 0.497 e. The Morgan fingerprint density at radius 1 is 1.21 bits per heavy atom. The minimum atomic E-state index is 0. The summed E-state index contributed by atoms with van der Waals surface area (Å²) in [6, 6.07) is 6.45. The molecule has 0 radical (unpaired) electrons. The average Bonchev–Trinajstić information content (AvgIpc) is 3.52. The first-order valence-corrected chi connectivity index (χ1v) is 10.6. The molecule has 6 nitrogen and oxygen atoms in total. The van der Waals surface area contributed by atoms with Gasteiger partial charge in [-0.3, -0.25) is 9.79 Å². The molecule has 2 atom stereocenters. The van der Waals surface area contributed by atoms with Crippen LogP contribution in [0, 0.1) is 5.92 Å². The maximum Gasteiger partial charge on any atom is 0.223 e. The number of methoxy groups -OCH3 is 1. The molecule has 0 saturated heterocycles. The monoisotopic (exact) mass is 534 g/mol. The standard InChI is InChI=1S/C21H31ClN4O2.HI/c1-23-21(24-11-10-14-6-9-18(28-2)13-19(14)22)26-17-5-3-4-15(12-17)20(27)25-16-7-8-16;/h6,9,13,15-17H,3-5,7-8,10-12H2,1-2H3,(H,25,27)(H2,23,24,26);1H. The van der Waals surface area contributed by atoms with Crippen LogP contribution in [0.15, 0.2) is 23.2 Å². The second-order valence-electron chi connectivity index (χ2n) is 7.69. The van der Waals surface area contributed by atoms with E-state index in [-0.39, 0.29) is 41.8 Å². The Balaban J connectivity index is 0.00000300. The van der Waals surface area contributed by atoms with Gasteiger partial charge in [0.2, 0.25) is 5.91 Å². The molecular weight excluding hydrogens is 503 g/mol. The number of rotatable bonds is 7. The number of guanidine groups is 1. The van der Waals surface area contributed by atoms with E-state index in [0.29, 0.717) is 11.1 Å². The lowest BCUT2D eigenvalue weighted by molar-refractivity contribution is -0.126. The molecule has 0 bridgehead atoms. The summed E-state index contributed by atoms with van der Waals surface area (Å²) >= 11 is 6.31. The first kappa shape index (κ1) is 24.1. The molecule has 1 amide bonds. The number of carbonyl (C=O) groups excluding carboxylic acids is 1. The SMILES string of the molecule is CN=C(NCCc1ccc(OC)cc1Cl)NC1CCCC(C(=O)NC2CC2)C1.I. The molecule has 1 aromatic carbocycles. The summed E-state index contributed by atoms with van der Waals surface area (Å²) in [6.45, 7) is 0.726. The molecule has 2 saturated carbocycles. The Bertz CT molecular complexity index is 712. The quantitative estimate of drug-likeness (QED) is 0.284. The topological polar surface area (TPSA) is 74.8 Å². The summed E-state index contributed by atoms with van der Waals surface area (Å²) in [5.41, 5.74) is 1.07. The summed E-state index contributed by atoms with van der Waals surface area (Å²) in [7, 11) is 3.41. The van der Waals surface area contributed by atoms with E-state index in [2.05, 4.69) is 20.9 Å². The lowest BCUT2D eigenvalue weighted by atomic mass is 9.85. The van der Waals surface area contributed by atoms with Gasteiger partial charge in [0.05, 0.1) is 7.11 Å². The fraction of sp³-hybridized carbons (Fsp3) is 0.619. The van der Waals surface area contributed by atoms with Crippen LogP contribution in [0.1, 0.15) is 44.1 Å². The second kappa shape index (κ2) is 11.8. The highest BCUT2D eigenvalue weighted by Crippen LogP contribution is 2.27. The molecule has 2 fully saturated rings. The van der Waals surface area contributed by atoms with Gasteiger partial charge >= 0.3 is 0 Å². The molecule has 8 heteroatoms. The van der Waals surface area contributed by atoms with Crippen molar-refractivity contribution >= 4 is 47.4 Å². The zero-order valence-corrected chi connectivity index (χ0v) is 20.3. The molecule has 29 heavy (non-hydrogen) atoms. The predicted molar refractivity (Wildman–Crippen MR) is 129 cm³/mol. The summed E-state index contributed by atoms with van der Waals surface area (Å²) in [6.07, 6.45) is 7.05. The molecule has 1 aromatic rings. The lowest BCUT2D eigenvalue weighted by Crippen LogP contribution is -2.47. The van der Waals surface area contributed by atoms with Gasteiger partial charge < -0.3 is 20.7 Å². The number of halogens is 2. The maximum atomic E-state index is 12.3. The van der Waals surface area contributed by atoms with Gasteiger partial charge in [-0.25, -0.2) is 0 Å². The zero-order valence-electron chi connectivity index (χ0n) is 17.2. The number of hydrogen-bond donors (Lipinski definition) is 3. The van der Waals surface area contributed by atoms with Crippen LogP contribution >= 0.6 is 35.6 Å². The number of ether oxygens (including phenoxy) is 1. The van der Waals surface area contributed by atoms with Crippen molar-refractivity contribution in [2.45, 2.75) is 57.0 Å². The van der Waals surface area contributed by atoms with Gasteiger partial charge in [-0.15, -0.1) is 24.0 Å². The molecule has 0 spiro atoms. The number of nitrogens with one attached hydrogen (secondary N) is 3. The van der Waals surface area contributed by atoms with Gasteiger partial charge in [-0.05, 0) is 56.2 Å². The van der Waals surface area contributed by atoms with Crippen LogP contribution in [0.2, 0.25) is 5.02 Å². The molecule has 2 aliphatic rings. The number of hydrogen-bond acceptors (Lipinski definition) is 3. The van der Waals surface area contributed by atoms with Crippen LogP contribution in [0.25, 0.3) is 0 Å². The number of benzene rings is 1. The van der Waals surface area contributed by atoms with Crippen molar-refractivity contribution in [3.63, 3.8) is 0 Å². The van der Waals surface area contributed by atoms with Crippen LogP contribution in [0.4, 0.5) is 0 Å². The van der Waals surface area contributed by atoms with Crippen molar-refractivity contribution in [3.05, 3.63) is 28.8 Å². The zero-order chi connectivity index (χ0) is 19.9. The minimum absolute atomic E-state index is 0. The third kappa shape index (κ3) is 7.51. The Hall–Kier alpha value is -1.22. The van der Waals surface area contributed by atoms with Gasteiger partial charge in [0.15, 0.2) is 5.96 Å². The Morgan fingerprint density at radius 3 is 2.66 bits per heavy atom. The van der Waals surface area contributed by atoms with Gasteiger partial charge in [0, 0.05) is 36.6 Å². The average molecular weight is 535 g/mol. The van der Waals surface area contributed by atoms with Crippen LogP contribution in [0.5, 0.6) is 5.75 Å². The highest BCUT2D eigenvalue weighted by atomic mass is 127. The Morgan fingerprint density at radius 2 is 2.00 bits per heavy atom. The fourth-order valence-corrected chi connectivity index (χ4v) is 3.93. The van der Waals surface area contributed by atoms with E-state index in [0.717, 1.165) is 68.8 Å². The van der Waals surface area contributed by atoms with Gasteiger partial charge in [-0.2, -0.15) is 0 Å². The van der Waals surface area contributed by atoms with Gasteiger partial charge in [0.1, 0.15) is 5.75 Å². The van der Waals surface area contributed by atoms with Crippen molar-refractivity contribution in [1.29, 1.82) is 0 Å². The van der Waals surface area contributed by atoms with E-state index < -0.39 is 0 Å². The van der Waals surface area contributed by atoms with E-state index in [9.17, 15) is 4.79 Å². The molecule has 3 rings (SSSR count). The van der Waals surface area contributed by atoms with Crippen molar-refractivity contribution in [2.75, 3.05) is 20.7 Å². The summed E-state index contributed by atoms with van der Waals surface area (Å²) < 4.78 is 5.19. The molecule has 0 heterocycles. The van der Waals surface area contributed by atoms with Crippen LogP contribution in [0.3, 0.4) is 0 Å². The van der Waals surface area contributed by atoms with E-state index in [1.165, 1.54) is 0 Å². The molecule has 2 unspecified atom stereocenters. The molecule has 0 aromatic heterocycles. The minimum Gasteiger partial charge on any atom is -0.497 e. The van der Waals surface area contributed by atoms with Gasteiger partial charge in [-0.1, -0.05) is 24.1 Å². The van der Waals surface area contributed by atoms with Crippen molar-refractivity contribution in [3.8, 4) is 5.75 Å². The summed E-state index contributed by atoms with van der Waals surface area (Å²) in [4.78, 5) is 16.7. The second-order valence-corrected chi connectivity index (χ2v) is 8.10. The number of aliphatic imine (C=N–C) groups is 1. The molecule has 162 valence electrons. The van der Waals surface area contributed by atoms with E-state index >= 15 is 0 Å². The summed E-state index contributed by atoms with van der Waals surface area (Å²) in [5, 5.41) is 10.7. The third-order valence-corrected chi connectivity index (χ3v) is 5.83. The van der Waals surface area contributed by atoms with Crippen LogP contribution < -0.4 is 20.7 Å². The molecule has 0 aliphatic heterocycles. The van der Waals surface area contributed by atoms with Crippen LogP contribution in [-0.4, -0.2) is 44.7 Å². The van der Waals surface area contributed by atoms with E-state index in [1.807, 2.05) is 18.2 Å². The normalized spacial score (nSPS) is 21.7. The van der Waals surface area contributed by atoms with Crippen molar-refractivity contribution in [1.82, 2.24) is 16.0 Å². The first-order chi connectivity index (χ1) is 13.6. The third-order valence-electron chi connectivity index (χ3n) is 5.48. The lowest BCUT2D eigenvalue weighted by Gasteiger charge is -2.30. The highest BCUT2D eigenvalue weighted by Gasteiger charge is 2.31. The maximum absolute atomic E-state index is 12.3. The van der Waals surface area contributed by atoms with E-state index in [1.54, 1.807) is 14.2 Å². The van der Waals surface area contributed by atoms with E-state index in [4.69, 9.17) is 16.3 Å². The fourth-order valence-electron chi connectivity index (χ4n) is 3.67. The Kier molecular flexibility index (Phi) is 9.82. The number of nitrogens with zero attached hydrogens (tertiary/aromatic N) is 1. The molecule has 3 N–H and O–H groups in total. The number of amides is 1. The van der Waals surface area contributed by atoms with Crippen molar-refractivity contribution < 1.29 is 9.53 Å². The van der Waals surface area contributed by atoms with Gasteiger partial charge in [0.25, 0.3) is 0 Å². The predicted octanol–water partition coefficient (Wildman–Crippen LogP) is 3.51. The van der Waals surface area contributed by atoms with Crippen molar-refractivity contribution in [2.24, 2.45) is 10.9 Å².